The van der Waals surface area contributed by atoms with Crippen LogP contribution in [0.5, 0.6) is 0 Å². The highest BCUT2D eigenvalue weighted by Crippen LogP contribution is 2.32. The molecule has 346 valence electrons. The number of anilines is 3. The van der Waals surface area contributed by atoms with E-state index in [1.807, 2.05) is 0 Å². The third-order valence-electron chi connectivity index (χ3n) is 10.9. The largest absolute Gasteiger partial charge is 0.326 e. The third kappa shape index (κ3) is 30.2. The number of hydrogen-bond donors (Lipinski definition) is 3. The van der Waals surface area contributed by atoms with Crippen LogP contribution in [0.15, 0.2) is 24.3 Å². The first kappa shape index (κ1) is 57.5. The summed E-state index contributed by atoms with van der Waals surface area (Å²) in [6, 6.07) is 7.98. The van der Waals surface area contributed by atoms with E-state index in [1.165, 1.54) is 35.1 Å². The van der Waals surface area contributed by atoms with Crippen molar-refractivity contribution >= 4 is 57.4 Å². The predicted octanol–water partition coefficient (Wildman–Crippen LogP) is 15.1. The molecule has 0 aliphatic carbocycles. The molecule has 0 bridgehead atoms. The van der Waals surface area contributed by atoms with Crippen molar-refractivity contribution < 1.29 is 24.0 Å². The molecule has 0 spiro atoms. The van der Waals surface area contributed by atoms with E-state index >= 15 is 0 Å². The zero-order valence-electron chi connectivity index (χ0n) is 40.1. The highest BCUT2D eigenvalue weighted by Gasteiger charge is 2.18. The normalized spacial score (nSPS) is 10.5. The van der Waals surface area contributed by atoms with Gasteiger partial charge in [-0.2, -0.15) is 0 Å². The van der Waals surface area contributed by atoms with E-state index in [2.05, 4.69) is 90.4 Å². The zero-order valence-corrected chi connectivity index (χ0v) is 40.9. The van der Waals surface area contributed by atoms with Crippen LogP contribution < -0.4 is 16.0 Å². The molecule has 0 aliphatic rings. The lowest BCUT2D eigenvalue weighted by atomic mass is 10.00. The maximum atomic E-state index is 13.0. The summed E-state index contributed by atoms with van der Waals surface area (Å²) >= 11 is 5.12. The van der Waals surface area contributed by atoms with Crippen LogP contribution in [-0.2, 0) is 30.4 Å². The molecule has 2 aromatic carbocycles. The number of hydrogen-bond acceptors (Lipinski definition) is 5. The molecule has 3 amide bonds. The molecular weight excluding hydrogens is 782 g/mol. The van der Waals surface area contributed by atoms with Gasteiger partial charge < -0.3 is 16.0 Å². The van der Waals surface area contributed by atoms with E-state index in [9.17, 15) is 24.0 Å². The number of unbranched alkanes of at least 4 members (excludes halogenated alkanes) is 15. The molecule has 0 saturated carbocycles. The third-order valence-corrected chi connectivity index (χ3v) is 11.1. The summed E-state index contributed by atoms with van der Waals surface area (Å²) in [6.07, 6.45) is 22.9. The topological polar surface area (TPSA) is 121 Å². The van der Waals surface area contributed by atoms with Gasteiger partial charge in [-0.3, -0.25) is 24.0 Å². The van der Waals surface area contributed by atoms with Crippen molar-refractivity contribution in [2.75, 3.05) is 16.0 Å². The molecule has 0 heterocycles. The van der Waals surface area contributed by atoms with Crippen LogP contribution >= 0.6 is 11.6 Å². The van der Waals surface area contributed by atoms with E-state index in [4.69, 9.17) is 11.6 Å². The van der Waals surface area contributed by atoms with Crippen molar-refractivity contribution in [2.45, 2.75) is 229 Å². The summed E-state index contributed by atoms with van der Waals surface area (Å²) in [7, 11) is 0. The first-order chi connectivity index (χ1) is 29.2. The van der Waals surface area contributed by atoms with Gasteiger partial charge in [-0.05, 0) is 111 Å². The van der Waals surface area contributed by atoms with Crippen LogP contribution in [0.4, 0.5) is 17.1 Å². The lowest BCUT2D eigenvalue weighted by Gasteiger charge is -2.19. The fourth-order valence-electron chi connectivity index (χ4n) is 6.73. The van der Waals surface area contributed by atoms with E-state index in [-0.39, 0.29) is 35.2 Å². The van der Waals surface area contributed by atoms with E-state index in [1.54, 1.807) is 12.1 Å². The number of aryl methyl sites for hydroxylation is 4. The van der Waals surface area contributed by atoms with E-state index < -0.39 is 0 Å². The summed E-state index contributed by atoms with van der Waals surface area (Å²) in [5, 5.41) is 8.79. The summed E-state index contributed by atoms with van der Waals surface area (Å²) in [5.41, 5.74) is 7.70. The van der Waals surface area contributed by atoms with Gasteiger partial charge in [0.25, 0.3) is 0 Å². The maximum Gasteiger partial charge on any atom is 0.224 e. The molecule has 61 heavy (non-hydrogen) atoms. The van der Waals surface area contributed by atoms with Crippen molar-refractivity contribution in [2.24, 2.45) is 0 Å². The van der Waals surface area contributed by atoms with Crippen LogP contribution in [-0.4, -0.2) is 28.7 Å². The highest BCUT2D eigenvalue weighted by atomic mass is 35.5. The number of Topliss-reactive ketones (excluding diaryl/α,β-unsaturated/α-hetero) is 1. The average molecular weight is 869 g/mol. The zero-order chi connectivity index (χ0) is 45.8. The van der Waals surface area contributed by atoms with Gasteiger partial charge in [0.05, 0.1) is 11.4 Å². The van der Waals surface area contributed by atoms with Gasteiger partial charge in [0.2, 0.25) is 23.0 Å². The second kappa shape index (κ2) is 37.1. The Hall–Kier alpha value is -3.52. The Labute approximate surface area is 377 Å². The number of ketones is 1. The minimum absolute atomic E-state index is 0.104. The molecular formula is C52H86ClN3O5. The van der Waals surface area contributed by atoms with Gasteiger partial charge in [0, 0.05) is 44.2 Å². The van der Waals surface area contributed by atoms with Crippen molar-refractivity contribution in [3.05, 3.63) is 52.1 Å². The molecule has 0 saturated heterocycles. The summed E-state index contributed by atoms with van der Waals surface area (Å²) < 4.78 is 0. The molecule has 8 nitrogen and oxygen atoms in total. The molecule has 3 N–H and O–H groups in total. The Morgan fingerprint density at radius 1 is 0.393 bits per heavy atom. The van der Waals surface area contributed by atoms with Crippen LogP contribution in [0.25, 0.3) is 0 Å². The fraction of sp³-hybridized carbons (Fsp3) is 0.673. The second-order valence-electron chi connectivity index (χ2n) is 16.8. The lowest BCUT2D eigenvalue weighted by Crippen LogP contribution is -2.19. The first-order valence-corrected chi connectivity index (χ1v) is 24.4. The second-order valence-corrected chi connectivity index (χ2v) is 17.3. The molecule has 0 aromatic heterocycles. The number of nitrogens with one attached hydrogen (secondary N) is 3. The Morgan fingerprint density at radius 3 is 1.05 bits per heavy atom. The van der Waals surface area contributed by atoms with Gasteiger partial charge in [-0.1, -0.05) is 143 Å². The van der Waals surface area contributed by atoms with Crippen LogP contribution in [0.2, 0.25) is 0 Å². The monoisotopic (exact) mass is 868 g/mol. The minimum Gasteiger partial charge on any atom is -0.326 e. The SMILES string of the molecule is CCCCCCC(=O)Cc1cc(NC(=O)CCCCCC)c(NC(=O)CCCCCC)cc1NC(=O)CCCCCC.CCCCCCC(=O)Cl.Cc1cc(C)c(C)cc1C. The Balaban J connectivity index is 0.00000154. The minimum atomic E-state index is -0.203. The maximum absolute atomic E-state index is 13.0. The van der Waals surface area contributed by atoms with Gasteiger partial charge in [0.1, 0.15) is 5.78 Å². The van der Waals surface area contributed by atoms with Crippen molar-refractivity contribution in [3.63, 3.8) is 0 Å². The van der Waals surface area contributed by atoms with Crippen molar-refractivity contribution in [1.82, 2.24) is 0 Å². The molecule has 9 heteroatoms. The summed E-state index contributed by atoms with van der Waals surface area (Å²) in [4.78, 5) is 61.7. The lowest BCUT2D eigenvalue weighted by molar-refractivity contribution is -0.119. The predicted molar refractivity (Wildman–Crippen MR) is 261 cm³/mol. The number of carbonyl (C=O) groups is 5. The summed E-state index contributed by atoms with van der Waals surface area (Å²) in [5.74, 6) is -0.239. The van der Waals surface area contributed by atoms with Gasteiger partial charge in [0.15, 0.2) is 0 Å². The average Bonchev–Trinajstić information content (AvgIpc) is 3.21. The number of carbonyl (C=O) groups excluding carboxylic acids is 5. The van der Waals surface area contributed by atoms with Gasteiger partial charge in [-0.25, -0.2) is 0 Å². The highest BCUT2D eigenvalue weighted by molar-refractivity contribution is 6.63. The molecule has 2 aromatic rings. The standard InChI is InChI=1S/C35H59N3O4.C10H14.C7H13ClO/c1-5-9-13-17-21-29(39)25-28-26-31(37-34(41)23-19-15-11-7-3)32(38-35(42)24-20-16-12-8-4)27-30(28)36-33(40)22-18-14-10-6-2;1-7-5-9(3)10(4)6-8(7)2;1-2-3-4-5-6-7(8)9/h26-27H,5-25H2,1-4H3,(H,36,40)(H,37,41)(H,38,42);5-6H,1-4H3;2-6H2,1H3. The molecule has 2 rings (SSSR count). The van der Waals surface area contributed by atoms with Crippen LogP contribution in [0, 0.1) is 27.7 Å². The molecule has 0 aliphatic heterocycles. The number of rotatable bonds is 30. The van der Waals surface area contributed by atoms with Gasteiger partial charge >= 0.3 is 0 Å². The van der Waals surface area contributed by atoms with E-state index in [0.29, 0.717) is 54.7 Å². The number of benzene rings is 2. The number of amides is 3. The molecule has 0 unspecified atom stereocenters. The molecule has 0 fully saturated rings. The first-order valence-electron chi connectivity index (χ1n) is 24.0. The number of halogens is 1. The smallest absolute Gasteiger partial charge is 0.224 e. The van der Waals surface area contributed by atoms with Crippen LogP contribution in [0.1, 0.15) is 223 Å². The van der Waals surface area contributed by atoms with E-state index in [0.717, 1.165) is 116 Å². The van der Waals surface area contributed by atoms with Crippen LogP contribution in [0.3, 0.4) is 0 Å². The fourth-order valence-corrected chi connectivity index (χ4v) is 6.87. The Kier molecular flexibility index (Phi) is 34.9. The Morgan fingerprint density at radius 2 is 0.705 bits per heavy atom. The van der Waals surface area contributed by atoms with Crippen molar-refractivity contribution in [1.29, 1.82) is 0 Å². The molecule has 0 radical (unpaired) electrons. The quantitative estimate of drug-likeness (QED) is 0.0533. The van der Waals surface area contributed by atoms with Crippen molar-refractivity contribution in [3.8, 4) is 0 Å². The summed E-state index contributed by atoms with van der Waals surface area (Å²) in [6.45, 7) is 19.3. The molecule has 0 atom stereocenters. The van der Waals surface area contributed by atoms with Gasteiger partial charge in [-0.15, -0.1) is 0 Å². The Bertz CT molecular complexity index is 1360.